The van der Waals surface area contributed by atoms with Crippen LogP contribution in [0.5, 0.6) is 5.75 Å². The molecule has 0 aliphatic carbocycles. The van der Waals surface area contributed by atoms with Crippen LogP contribution in [0.3, 0.4) is 0 Å². The summed E-state index contributed by atoms with van der Waals surface area (Å²) in [7, 11) is -3.08. The standard InChI is InChI=1S/C55H83IO6Si2/c1-41(2)63(42(3)4,43(5)6)62-51-38-49(34-36-59-64(55(8,9)10,52-25-14-12-15-26-52)53-27-16-13-17-28-53)61-50(39-51)37-48-24-20-23-47(60-48)22-19-18-21-44(7)54(33-35-56)58-40-45-29-31-46(57-11)32-30-45/h12-18,21,25-33,35,41-44,47-51,54H,19-20,22-24,34,36-40H2,1-11H3/b21-18+,35-33+/t44-,47-,48-,49+,50-,51-,54-/m0/s1. The molecular formula is C55H83IO6Si2. The third-order valence-electron chi connectivity index (χ3n) is 14.1. The van der Waals surface area contributed by atoms with Gasteiger partial charge in [-0.3, -0.25) is 0 Å². The Morgan fingerprint density at radius 3 is 1.86 bits per heavy atom. The molecule has 354 valence electrons. The van der Waals surface area contributed by atoms with Crippen LogP contribution in [0, 0.1) is 5.92 Å². The van der Waals surface area contributed by atoms with Gasteiger partial charge in [0, 0.05) is 12.5 Å². The molecule has 0 unspecified atom stereocenters. The fourth-order valence-corrected chi connectivity index (χ4v) is 21.6. The highest BCUT2D eigenvalue weighted by atomic mass is 127. The molecule has 0 amide bonds. The molecule has 5 rings (SSSR count). The van der Waals surface area contributed by atoms with Crippen LogP contribution in [0.2, 0.25) is 21.7 Å². The fourth-order valence-electron chi connectivity index (χ4n) is 11.0. The largest absolute Gasteiger partial charge is 0.497 e. The predicted octanol–water partition coefficient (Wildman–Crippen LogP) is 13.9. The van der Waals surface area contributed by atoms with Gasteiger partial charge in [0.15, 0.2) is 0 Å². The van der Waals surface area contributed by atoms with Crippen molar-refractivity contribution in [2.24, 2.45) is 5.92 Å². The molecule has 0 saturated carbocycles. The molecule has 6 nitrogen and oxygen atoms in total. The summed E-state index contributed by atoms with van der Waals surface area (Å²) in [6, 6.07) is 30.1. The minimum absolute atomic E-state index is 0.00882. The van der Waals surface area contributed by atoms with Gasteiger partial charge < -0.3 is 27.8 Å². The van der Waals surface area contributed by atoms with Crippen molar-refractivity contribution in [2.45, 2.75) is 192 Å². The van der Waals surface area contributed by atoms with Crippen LogP contribution in [-0.2, 0) is 29.7 Å². The Morgan fingerprint density at radius 1 is 0.719 bits per heavy atom. The van der Waals surface area contributed by atoms with E-state index >= 15 is 0 Å². The number of methoxy groups -OCH3 is 1. The molecule has 2 saturated heterocycles. The molecule has 0 bridgehead atoms. The van der Waals surface area contributed by atoms with Gasteiger partial charge in [0.2, 0.25) is 8.32 Å². The van der Waals surface area contributed by atoms with Crippen LogP contribution < -0.4 is 15.1 Å². The van der Waals surface area contributed by atoms with E-state index in [4.69, 9.17) is 27.8 Å². The number of rotatable bonds is 23. The summed E-state index contributed by atoms with van der Waals surface area (Å²) in [5, 5.41) is 2.57. The van der Waals surface area contributed by atoms with Gasteiger partial charge >= 0.3 is 0 Å². The van der Waals surface area contributed by atoms with Crippen LogP contribution in [0.15, 0.2) is 107 Å². The molecule has 0 aromatic heterocycles. The molecular weight excluding hydrogens is 940 g/mol. The number of ether oxygens (including phenoxy) is 4. The van der Waals surface area contributed by atoms with Crippen LogP contribution >= 0.6 is 22.6 Å². The second-order valence-corrected chi connectivity index (χ2v) is 31.0. The van der Waals surface area contributed by atoms with E-state index in [1.165, 1.54) is 16.8 Å². The maximum Gasteiger partial charge on any atom is 0.261 e. The first-order chi connectivity index (χ1) is 30.6. The second kappa shape index (κ2) is 25.3. The number of hydrogen-bond acceptors (Lipinski definition) is 6. The van der Waals surface area contributed by atoms with Crippen LogP contribution in [0.4, 0.5) is 0 Å². The summed E-state index contributed by atoms with van der Waals surface area (Å²) in [6.07, 6.45) is 16.7. The van der Waals surface area contributed by atoms with E-state index in [1.54, 1.807) is 7.11 Å². The third-order valence-corrected chi connectivity index (χ3v) is 25.7. The number of halogens is 1. The van der Waals surface area contributed by atoms with Gasteiger partial charge in [-0.05, 0) is 118 Å². The number of hydrogen-bond donors (Lipinski definition) is 0. The number of allylic oxidation sites excluding steroid dienone is 1. The Kier molecular flexibility index (Phi) is 20.9. The van der Waals surface area contributed by atoms with Crippen molar-refractivity contribution in [3.8, 4) is 5.75 Å². The smallest absolute Gasteiger partial charge is 0.261 e. The van der Waals surface area contributed by atoms with E-state index in [1.807, 2.05) is 12.1 Å². The highest BCUT2D eigenvalue weighted by molar-refractivity contribution is 14.1. The highest BCUT2D eigenvalue weighted by Crippen LogP contribution is 2.45. The van der Waals surface area contributed by atoms with E-state index in [-0.39, 0.29) is 47.6 Å². The Labute approximate surface area is 405 Å². The maximum atomic E-state index is 7.60. The average molecular weight is 1020 g/mol. The van der Waals surface area contributed by atoms with Gasteiger partial charge in [0.05, 0.1) is 50.3 Å². The molecule has 7 atom stereocenters. The zero-order valence-electron chi connectivity index (χ0n) is 41.3. The van der Waals surface area contributed by atoms with Crippen molar-refractivity contribution in [2.75, 3.05) is 13.7 Å². The molecule has 2 heterocycles. The van der Waals surface area contributed by atoms with E-state index < -0.39 is 16.6 Å². The quantitative estimate of drug-likeness (QED) is 0.0536. The van der Waals surface area contributed by atoms with Crippen molar-refractivity contribution in [3.05, 3.63) is 113 Å². The van der Waals surface area contributed by atoms with Gasteiger partial charge in [-0.25, -0.2) is 0 Å². The zero-order valence-corrected chi connectivity index (χ0v) is 45.4. The summed E-state index contributed by atoms with van der Waals surface area (Å²) >= 11 is 2.29. The minimum Gasteiger partial charge on any atom is -0.497 e. The molecule has 0 N–H and O–H groups in total. The molecule has 3 aromatic rings. The first kappa shape index (κ1) is 52.9. The molecule has 2 aliphatic heterocycles. The first-order valence-electron chi connectivity index (χ1n) is 24.5. The lowest BCUT2D eigenvalue weighted by molar-refractivity contribution is -0.131. The van der Waals surface area contributed by atoms with Gasteiger partial charge in [-0.1, -0.05) is 177 Å². The highest BCUT2D eigenvalue weighted by Gasteiger charge is 2.51. The van der Waals surface area contributed by atoms with Gasteiger partial charge in [0.25, 0.3) is 8.32 Å². The summed E-state index contributed by atoms with van der Waals surface area (Å²) in [6.45, 7) is 25.0. The first-order valence-corrected chi connectivity index (χ1v) is 29.8. The molecule has 9 heteroatoms. The lowest BCUT2D eigenvalue weighted by Crippen LogP contribution is -2.66. The van der Waals surface area contributed by atoms with Crippen LogP contribution in [-0.4, -0.2) is 67.0 Å². The van der Waals surface area contributed by atoms with Crippen LogP contribution in [0.25, 0.3) is 0 Å². The molecule has 0 radical (unpaired) electrons. The molecule has 2 fully saturated rings. The summed E-state index contributed by atoms with van der Waals surface area (Å²) in [5.74, 6) is 1.12. The molecule has 2 aliphatic rings. The minimum atomic E-state index is -2.66. The third kappa shape index (κ3) is 14.0. The summed E-state index contributed by atoms with van der Waals surface area (Å²) in [4.78, 5) is 0. The van der Waals surface area contributed by atoms with E-state index in [9.17, 15) is 0 Å². The Bertz CT molecular complexity index is 1770. The summed E-state index contributed by atoms with van der Waals surface area (Å²) in [5.41, 5.74) is 2.74. The normalized spacial score (nSPS) is 22.5. The lowest BCUT2D eigenvalue weighted by Gasteiger charge is -2.48. The SMILES string of the molecule is COc1ccc(CO[C@@H](/C=C/I)[C@@H](C)/C=C/CC[C@H]2CCC[C@@H](C[C@H]3C[C@@H](O[Si](C(C)C)(C(C)C)C(C)C)C[C@@H](CCO[Si](c4ccccc4)(c4ccccc4)C(C)(C)C)O3)O2)cc1. The Morgan fingerprint density at radius 2 is 1.30 bits per heavy atom. The second-order valence-electron chi connectivity index (χ2n) is 20.6. The monoisotopic (exact) mass is 1020 g/mol. The Hall–Kier alpha value is -2.10. The number of benzene rings is 3. The average Bonchev–Trinajstić information content (AvgIpc) is 3.27. The topological polar surface area (TPSA) is 55.4 Å². The van der Waals surface area contributed by atoms with Gasteiger partial charge in [-0.15, -0.1) is 0 Å². The van der Waals surface area contributed by atoms with Crippen molar-refractivity contribution in [1.82, 2.24) is 0 Å². The van der Waals surface area contributed by atoms with Gasteiger partial charge in [-0.2, -0.15) is 0 Å². The van der Waals surface area contributed by atoms with E-state index in [0.29, 0.717) is 29.8 Å². The Balaban J connectivity index is 1.24. The van der Waals surface area contributed by atoms with Crippen molar-refractivity contribution in [1.29, 1.82) is 0 Å². The zero-order chi connectivity index (χ0) is 46.3. The van der Waals surface area contributed by atoms with Crippen molar-refractivity contribution < 1.29 is 27.8 Å². The predicted molar refractivity (Wildman–Crippen MR) is 281 cm³/mol. The summed E-state index contributed by atoms with van der Waals surface area (Å²) < 4.78 is 42.8. The molecule has 0 spiro atoms. The van der Waals surface area contributed by atoms with Crippen LogP contribution in [0.1, 0.15) is 133 Å². The van der Waals surface area contributed by atoms with E-state index in [0.717, 1.165) is 62.7 Å². The van der Waals surface area contributed by atoms with E-state index in [2.05, 4.69) is 187 Å². The maximum absolute atomic E-state index is 7.60. The van der Waals surface area contributed by atoms with Gasteiger partial charge in [0.1, 0.15) is 5.75 Å². The molecule has 64 heavy (non-hydrogen) atoms. The van der Waals surface area contributed by atoms with Crippen molar-refractivity contribution in [3.63, 3.8) is 0 Å². The lowest BCUT2D eigenvalue weighted by atomic mass is 9.92. The fraction of sp³-hybridized carbons (Fsp3) is 0.600. The van der Waals surface area contributed by atoms with Crippen molar-refractivity contribution >= 4 is 49.6 Å². The molecule has 3 aromatic carbocycles.